The highest BCUT2D eigenvalue weighted by Gasteiger charge is 2.06. The lowest BCUT2D eigenvalue weighted by Crippen LogP contribution is -2.04. The van der Waals surface area contributed by atoms with Gasteiger partial charge in [0.1, 0.15) is 10.8 Å². The molecular formula is C8H7BrClN3S. The van der Waals surface area contributed by atoms with Crippen LogP contribution in [0.3, 0.4) is 0 Å². The van der Waals surface area contributed by atoms with Crippen molar-refractivity contribution in [3.63, 3.8) is 0 Å². The minimum Gasteiger partial charge on any atom is -0.383 e. The molecule has 6 heteroatoms. The number of nitrogen functional groups attached to an aromatic ring is 1. The van der Waals surface area contributed by atoms with Crippen LogP contribution in [0.4, 0.5) is 5.82 Å². The summed E-state index contributed by atoms with van der Waals surface area (Å²) in [7, 11) is 0. The van der Waals surface area contributed by atoms with Gasteiger partial charge in [-0.1, -0.05) is 11.6 Å². The maximum absolute atomic E-state index is 5.79. The Kier molecular flexibility index (Phi) is 2.80. The molecule has 0 aliphatic carbocycles. The second kappa shape index (κ2) is 3.92. The molecule has 74 valence electrons. The molecule has 0 aliphatic heterocycles. The van der Waals surface area contributed by atoms with Crippen molar-refractivity contribution < 1.29 is 0 Å². The largest absolute Gasteiger partial charge is 0.383 e. The van der Waals surface area contributed by atoms with E-state index in [9.17, 15) is 0 Å². The average molecular weight is 293 g/mol. The molecule has 0 aliphatic rings. The summed E-state index contributed by atoms with van der Waals surface area (Å²) in [6.45, 7) is 0.662. The summed E-state index contributed by atoms with van der Waals surface area (Å²) in [4.78, 5) is 1.18. The van der Waals surface area contributed by atoms with E-state index in [-0.39, 0.29) is 0 Å². The van der Waals surface area contributed by atoms with Gasteiger partial charge in [-0.3, -0.25) is 0 Å². The fraction of sp³-hybridized carbons (Fsp3) is 0.125. The van der Waals surface area contributed by atoms with Crippen LogP contribution >= 0.6 is 38.9 Å². The van der Waals surface area contributed by atoms with E-state index in [1.54, 1.807) is 22.2 Å². The summed E-state index contributed by atoms with van der Waals surface area (Å²) in [5.41, 5.74) is 5.72. The zero-order chi connectivity index (χ0) is 10.1. The fourth-order valence-electron chi connectivity index (χ4n) is 1.08. The van der Waals surface area contributed by atoms with Gasteiger partial charge < -0.3 is 5.73 Å². The van der Waals surface area contributed by atoms with Gasteiger partial charge in [-0.2, -0.15) is 5.10 Å². The van der Waals surface area contributed by atoms with Gasteiger partial charge in [0.05, 0.1) is 16.5 Å². The minimum atomic E-state index is 0.501. The summed E-state index contributed by atoms with van der Waals surface area (Å²) in [6, 6.07) is 4.03. The molecule has 0 amide bonds. The number of aromatic nitrogens is 2. The first-order valence-electron chi connectivity index (χ1n) is 3.88. The number of nitrogens with zero attached hydrogens (tertiary/aromatic N) is 2. The lowest BCUT2D eigenvalue weighted by molar-refractivity contribution is 0.705. The van der Waals surface area contributed by atoms with E-state index in [0.717, 1.165) is 3.79 Å². The van der Waals surface area contributed by atoms with Gasteiger partial charge in [-0.25, -0.2) is 4.68 Å². The van der Waals surface area contributed by atoms with Crippen LogP contribution in [-0.2, 0) is 6.54 Å². The predicted octanol–water partition coefficient (Wildman–Crippen LogP) is 2.99. The third-order valence-corrected chi connectivity index (χ3v) is 3.67. The van der Waals surface area contributed by atoms with E-state index in [2.05, 4.69) is 21.0 Å². The number of hydrogen-bond acceptors (Lipinski definition) is 3. The second-order valence-electron chi connectivity index (χ2n) is 2.74. The molecule has 2 heterocycles. The van der Waals surface area contributed by atoms with Crippen LogP contribution in [0.1, 0.15) is 4.88 Å². The Hall–Kier alpha value is -0.520. The highest BCUT2D eigenvalue weighted by atomic mass is 79.9. The molecule has 0 atom stereocenters. The van der Waals surface area contributed by atoms with E-state index < -0.39 is 0 Å². The van der Waals surface area contributed by atoms with Crippen molar-refractivity contribution >= 4 is 44.7 Å². The van der Waals surface area contributed by atoms with Crippen molar-refractivity contribution in [2.75, 3.05) is 5.73 Å². The molecule has 0 radical (unpaired) electrons. The van der Waals surface area contributed by atoms with Crippen LogP contribution in [-0.4, -0.2) is 9.78 Å². The number of hydrogen-bond donors (Lipinski definition) is 1. The number of nitrogens with two attached hydrogens (primary N) is 1. The highest BCUT2D eigenvalue weighted by molar-refractivity contribution is 9.11. The van der Waals surface area contributed by atoms with Crippen LogP contribution in [0.25, 0.3) is 0 Å². The summed E-state index contributed by atoms with van der Waals surface area (Å²) in [5, 5.41) is 4.57. The molecule has 0 fully saturated rings. The Bertz CT molecular complexity index is 451. The quantitative estimate of drug-likeness (QED) is 0.925. The third-order valence-electron chi connectivity index (χ3n) is 1.77. The van der Waals surface area contributed by atoms with Gasteiger partial charge in [0.15, 0.2) is 0 Å². The Morgan fingerprint density at radius 3 is 2.86 bits per heavy atom. The van der Waals surface area contributed by atoms with Gasteiger partial charge in [0.25, 0.3) is 0 Å². The highest BCUT2D eigenvalue weighted by Crippen LogP contribution is 2.24. The second-order valence-corrected chi connectivity index (χ2v) is 5.70. The van der Waals surface area contributed by atoms with Crippen LogP contribution in [0, 0.1) is 0 Å². The SMILES string of the molecule is Nc1c(Cl)cnn1Cc1ccc(Br)s1. The zero-order valence-corrected chi connectivity index (χ0v) is 10.2. The van der Waals surface area contributed by atoms with Crippen molar-refractivity contribution in [2.24, 2.45) is 0 Å². The molecule has 2 aromatic heterocycles. The van der Waals surface area contributed by atoms with E-state index in [1.807, 2.05) is 12.1 Å². The maximum atomic E-state index is 5.79. The maximum Gasteiger partial charge on any atom is 0.140 e. The molecule has 2 N–H and O–H groups in total. The van der Waals surface area contributed by atoms with Crippen molar-refractivity contribution in [3.05, 3.63) is 32.0 Å². The molecule has 0 aromatic carbocycles. The molecule has 0 saturated carbocycles. The molecule has 0 spiro atoms. The molecular weight excluding hydrogens is 286 g/mol. The fourth-order valence-corrected chi connectivity index (χ4v) is 2.69. The van der Waals surface area contributed by atoms with E-state index in [0.29, 0.717) is 17.4 Å². The first-order valence-corrected chi connectivity index (χ1v) is 5.86. The Morgan fingerprint density at radius 1 is 1.57 bits per heavy atom. The molecule has 14 heavy (non-hydrogen) atoms. The van der Waals surface area contributed by atoms with E-state index in [1.165, 1.54) is 4.88 Å². The summed E-state index contributed by atoms with van der Waals surface area (Å²) < 4.78 is 2.78. The normalized spacial score (nSPS) is 10.7. The molecule has 0 unspecified atom stereocenters. The van der Waals surface area contributed by atoms with E-state index >= 15 is 0 Å². The van der Waals surface area contributed by atoms with Gasteiger partial charge in [0, 0.05) is 4.88 Å². The molecule has 2 rings (SSSR count). The summed E-state index contributed by atoms with van der Waals surface area (Å²) in [6.07, 6.45) is 1.56. The number of rotatable bonds is 2. The van der Waals surface area contributed by atoms with Gasteiger partial charge in [-0.05, 0) is 28.1 Å². The summed E-state index contributed by atoms with van der Waals surface area (Å²) >= 11 is 10.8. The van der Waals surface area contributed by atoms with Crippen molar-refractivity contribution in [2.45, 2.75) is 6.54 Å². The monoisotopic (exact) mass is 291 g/mol. The zero-order valence-electron chi connectivity index (χ0n) is 7.08. The number of halogens is 2. The van der Waals surface area contributed by atoms with Crippen molar-refractivity contribution in [1.29, 1.82) is 0 Å². The summed E-state index contributed by atoms with van der Waals surface area (Å²) in [5.74, 6) is 0.510. The molecule has 0 bridgehead atoms. The van der Waals surface area contributed by atoms with Gasteiger partial charge >= 0.3 is 0 Å². The van der Waals surface area contributed by atoms with Crippen molar-refractivity contribution in [1.82, 2.24) is 9.78 Å². The van der Waals surface area contributed by atoms with Gasteiger partial charge in [-0.15, -0.1) is 11.3 Å². The van der Waals surface area contributed by atoms with Crippen molar-refractivity contribution in [3.8, 4) is 0 Å². The third kappa shape index (κ3) is 1.94. The predicted molar refractivity (Wildman–Crippen MR) is 62.8 cm³/mol. The molecule has 3 nitrogen and oxygen atoms in total. The standard InChI is InChI=1S/C8H7BrClN3S/c9-7-2-1-5(14-7)4-13-8(11)6(10)3-12-13/h1-3H,4,11H2. The first kappa shape index (κ1) is 10.0. The molecule has 2 aromatic rings. The number of anilines is 1. The van der Waals surface area contributed by atoms with Crippen LogP contribution in [0.5, 0.6) is 0 Å². The first-order chi connectivity index (χ1) is 6.66. The topological polar surface area (TPSA) is 43.8 Å². The Labute approximate surface area is 98.6 Å². The van der Waals surface area contributed by atoms with Gasteiger partial charge in [0.2, 0.25) is 0 Å². The Balaban J connectivity index is 2.22. The lowest BCUT2D eigenvalue weighted by atomic mass is 10.5. The number of thiophene rings is 1. The van der Waals surface area contributed by atoms with Crippen LogP contribution in [0.2, 0.25) is 5.02 Å². The molecule has 0 saturated heterocycles. The smallest absolute Gasteiger partial charge is 0.140 e. The van der Waals surface area contributed by atoms with Crippen LogP contribution < -0.4 is 5.73 Å². The van der Waals surface area contributed by atoms with E-state index in [4.69, 9.17) is 17.3 Å². The van der Waals surface area contributed by atoms with Crippen LogP contribution in [0.15, 0.2) is 22.1 Å². The minimum absolute atomic E-state index is 0.501. The lowest BCUT2D eigenvalue weighted by Gasteiger charge is -2.00. The average Bonchev–Trinajstić information content (AvgIpc) is 2.67. The Morgan fingerprint density at radius 2 is 2.36 bits per heavy atom.